The predicted molar refractivity (Wildman–Crippen MR) is 70.6 cm³/mol. The number of sulfone groups is 1. The van der Waals surface area contributed by atoms with E-state index in [0.717, 1.165) is 25.8 Å². The molecule has 1 N–H and O–H groups in total. The Morgan fingerprint density at radius 1 is 1.06 bits per heavy atom. The van der Waals surface area contributed by atoms with Gasteiger partial charge in [0.2, 0.25) is 0 Å². The summed E-state index contributed by atoms with van der Waals surface area (Å²) in [5.74, 6) is 0.323. The third-order valence-electron chi connectivity index (χ3n) is 2.66. The summed E-state index contributed by atoms with van der Waals surface area (Å²) in [6.45, 7) is 5.38. The summed E-state index contributed by atoms with van der Waals surface area (Å²) < 4.78 is 22.0. The Bertz CT molecular complexity index is 242. The van der Waals surface area contributed by atoms with Gasteiger partial charge in [-0.1, -0.05) is 26.7 Å². The van der Waals surface area contributed by atoms with E-state index in [0.29, 0.717) is 11.8 Å². The Balaban J connectivity index is 3.81. The van der Waals surface area contributed by atoms with Gasteiger partial charge in [0.05, 0.1) is 0 Å². The van der Waals surface area contributed by atoms with Crippen molar-refractivity contribution in [3.8, 4) is 0 Å². The van der Waals surface area contributed by atoms with Crippen LogP contribution in [0.25, 0.3) is 0 Å². The van der Waals surface area contributed by atoms with Crippen molar-refractivity contribution in [1.29, 1.82) is 0 Å². The topological polar surface area (TPSA) is 46.2 Å². The third kappa shape index (κ3) is 10.4. The molecule has 98 valence electrons. The Labute approximate surface area is 101 Å². The van der Waals surface area contributed by atoms with Crippen LogP contribution in [0.4, 0.5) is 0 Å². The summed E-state index contributed by atoms with van der Waals surface area (Å²) in [6, 6.07) is 0.502. The summed E-state index contributed by atoms with van der Waals surface area (Å²) >= 11 is 0. The molecule has 16 heavy (non-hydrogen) atoms. The molecular weight excluding hydrogens is 222 g/mol. The van der Waals surface area contributed by atoms with Crippen LogP contribution in [0, 0.1) is 0 Å². The molecule has 0 fully saturated rings. The lowest BCUT2D eigenvalue weighted by Gasteiger charge is -2.17. The molecule has 1 atom stereocenters. The van der Waals surface area contributed by atoms with Crippen molar-refractivity contribution in [1.82, 2.24) is 5.32 Å². The smallest absolute Gasteiger partial charge is 0.147 e. The molecule has 3 nitrogen and oxygen atoms in total. The second-order valence-electron chi connectivity index (χ2n) is 4.57. The molecule has 0 saturated heterocycles. The monoisotopic (exact) mass is 249 g/mol. The average molecular weight is 249 g/mol. The van der Waals surface area contributed by atoms with Crippen molar-refractivity contribution in [2.24, 2.45) is 0 Å². The zero-order valence-electron chi connectivity index (χ0n) is 11.0. The third-order valence-corrected chi connectivity index (χ3v) is 3.69. The Hall–Kier alpha value is -0.0900. The zero-order chi connectivity index (χ0) is 12.4. The summed E-state index contributed by atoms with van der Waals surface area (Å²) in [7, 11) is -2.79. The van der Waals surface area contributed by atoms with Crippen LogP contribution in [0.1, 0.15) is 52.4 Å². The number of hydrogen-bond acceptors (Lipinski definition) is 3. The average Bonchev–Trinajstić information content (AvgIpc) is 2.19. The molecule has 4 heteroatoms. The normalized spacial score (nSPS) is 13.9. The van der Waals surface area contributed by atoms with Crippen molar-refractivity contribution in [2.45, 2.75) is 58.4 Å². The molecule has 0 aliphatic rings. The maximum absolute atomic E-state index is 11.0. The van der Waals surface area contributed by atoms with Crippen LogP contribution in [0.2, 0.25) is 0 Å². The van der Waals surface area contributed by atoms with Crippen LogP contribution in [0.3, 0.4) is 0 Å². The number of nitrogens with one attached hydrogen (secondary N) is 1. The highest BCUT2D eigenvalue weighted by molar-refractivity contribution is 7.90. The highest BCUT2D eigenvalue weighted by atomic mass is 32.2. The number of rotatable bonds is 10. The number of unbranched alkanes of at least 4 members (excludes halogenated alkanes) is 1. The lowest BCUT2D eigenvalue weighted by Crippen LogP contribution is -2.30. The molecule has 0 aromatic rings. The van der Waals surface area contributed by atoms with Gasteiger partial charge in [-0.05, 0) is 32.2 Å². The van der Waals surface area contributed by atoms with Crippen LogP contribution < -0.4 is 5.32 Å². The van der Waals surface area contributed by atoms with Gasteiger partial charge in [-0.25, -0.2) is 8.42 Å². The molecule has 0 saturated carbocycles. The molecule has 0 amide bonds. The standard InChI is InChI=1S/C12H27NO2S/c1-4-6-8-12(13-10-5-2)9-7-11-16(3,14)15/h12-13H,4-11H2,1-3H3. The number of hydrogen-bond donors (Lipinski definition) is 1. The fourth-order valence-corrected chi connectivity index (χ4v) is 2.43. The molecule has 0 aliphatic heterocycles. The minimum atomic E-state index is -2.79. The lowest BCUT2D eigenvalue weighted by atomic mass is 10.1. The van der Waals surface area contributed by atoms with Crippen molar-refractivity contribution in [3.63, 3.8) is 0 Å². The second-order valence-corrected chi connectivity index (χ2v) is 6.83. The van der Waals surface area contributed by atoms with Crippen LogP contribution in [-0.4, -0.2) is 33.0 Å². The van der Waals surface area contributed by atoms with Gasteiger partial charge in [-0.2, -0.15) is 0 Å². The summed E-state index contributed by atoms with van der Waals surface area (Å²) in [4.78, 5) is 0. The minimum Gasteiger partial charge on any atom is -0.314 e. The van der Waals surface area contributed by atoms with E-state index in [9.17, 15) is 8.42 Å². The molecule has 0 bridgehead atoms. The highest BCUT2D eigenvalue weighted by Gasteiger charge is 2.09. The molecule has 0 aliphatic carbocycles. The minimum absolute atomic E-state index is 0.323. The Morgan fingerprint density at radius 2 is 1.69 bits per heavy atom. The maximum Gasteiger partial charge on any atom is 0.147 e. The molecule has 0 aromatic heterocycles. The first kappa shape index (κ1) is 15.9. The molecule has 0 rings (SSSR count). The van der Waals surface area contributed by atoms with Gasteiger partial charge < -0.3 is 5.32 Å². The van der Waals surface area contributed by atoms with Crippen LogP contribution in [-0.2, 0) is 9.84 Å². The van der Waals surface area contributed by atoms with Crippen molar-refractivity contribution in [3.05, 3.63) is 0 Å². The van der Waals surface area contributed by atoms with Crippen LogP contribution in [0.15, 0.2) is 0 Å². The first-order valence-electron chi connectivity index (χ1n) is 6.40. The Kier molecular flexibility index (Phi) is 8.94. The van der Waals surface area contributed by atoms with E-state index in [4.69, 9.17) is 0 Å². The SMILES string of the molecule is CCCCC(CCCS(C)(=O)=O)NCCC. The van der Waals surface area contributed by atoms with Crippen molar-refractivity contribution in [2.75, 3.05) is 18.6 Å². The van der Waals surface area contributed by atoms with Gasteiger partial charge in [-0.15, -0.1) is 0 Å². The maximum atomic E-state index is 11.0. The largest absolute Gasteiger partial charge is 0.314 e. The van der Waals surface area contributed by atoms with E-state index < -0.39 is 9.84 Å². The quantitative estimate of drug-likeness (QED) is 0.646. The fourth-order valence-electron chi connectivity index (χ4n) is 1.74. The van der Waals surface area contributed by atoms with Crippen molar-refractivity contribution >= 4 is 9.84 Å². The zero-order valence-corrected chi connectivity index (χ0v) is 11.8. The molecule has 0 aromatic carbocycles. The van der Waals surface area contributed by atoms with Crippen LogP contribution in [0.5, 0.6) is 0 Å². The van der Waals surface area contributed by atoms with Gasteiger partial charge in [0.15, 0.2) is 0 Å². The summed E-state index contributed by atoms with van der Waals surface area (Å²) in [6.07, 6.45) is 7.80. The van der Waals surface area contributed by atoms with Gasteiger partial charge in [0.25, 0.3) is 0 Å². The first-order valence-corrected chi connectivity index (χ1v) is 8.46. The van der Waals surface area contributed by atoms with Gasteiger partial charge in [0, 0.05) is 18.1 Å². The predicted octanol–water partition coefficient (Wildman–Crippen LogP) is 2.37. The molecule has 1 unspecified atom stereocenters. The second kappa shape index (κ2) is 8.99. The first-order chi connectivity index (χ1) is 7.49. The fraction of sp³-hybridized carbons (Fsp3) is 1.00. The van der Waals surface area contributed by atoms with E-state index in [1.54, 1.807) is 0 Å². The lowest BCUT2D eigenvalue weighted by molar-refractivity contribution is 0.435. The van der Waals surface area contributed by atoms with Gasteiger partial charge >= 0.3 is 0 Å². The van der Waals surface area contributed by atoms with E-state index in [-0.39, 0.29) is 0 Å². The van der Waals surface area contributed by atoms with Gasteiger partial charge in [0.1, 0.15) is 9.84 Å². The van der Waals surface area contributed by atoms with E-state index in [2.05, 4.69) is 19.2 Å². The van der Waals surface area contributed by atoms with E-state index in [1.807, 2.05) is 0 Å². The summed E-state index contributed by atoms with van der Waals surface area (Å²) in [5.41, 5.74) is 0. The highest BCUT2D eigenvalue weighted by Crippen LogP contribution is 2.08. The molecular formula is C12H27NO2S. The van der Waals surface area contributed by atoms with E-state index in [1.165, 1.54) is 25.5 Å². The molecule has 0 heterocycles. The van der Waals surface area contributed by atoms with E-state index >= 15 is 0 Å². The van der Waals surface area contributed by atoms with Crippen molar-refractivity contribution < 1.29 is 8.42 Å². The van der Waals surface area contributed by atoms with Crippen LogP contribution >= 0.6 is 0 Å². The molecule has 0 radical (unpaired) electrons. The Morgan fingerprint density at radius 3 is 2.19 bits per heavy atom. The van der Waals surface area contributed by atoms with Gasteiger partial charge in [-0.3, -0.25) is 0 Å². The molecule has 0 spiro atoms. The summed E-state index contributed by atoms with van der Waals surface area (Å²) in [5, 5.41) is 3.50.